The van der Waals surface area contributed by atoms with E-state index in [0.29, 0.717) is 18.8 Å². The zero-order valence-electron chi connectivity index (χ0n) is 19.5. The average Bonchev–Trinajstić information content (AvgIpc) is 2.90. The van der Waals surface area contributed by atoms with Crippen LogP contribution >= 0.6 is 0 Å². The van der Waals surface area contributed by atoms with Crippen LogP contribution in [0.4, 0.5) is 8.78 Å². The summed E-state index contributed by atoms with van der Waals surface area (Å²) in [5, 5.41) is 2.85. The van der Waals surface area contributed by atoms with Crippen LogP contribution in [-0.4, -0.2) is 64.9 Å². The summed E-state index contributed by atoms with van der Waals surface area (Å²) in [5.41, 5.74) is 0.397. The van der Waals surface area contributed by atoms with Gasteiger partial charge in [0.15, 0.2) is 5.69 Å². The quantitative estimate of drug-likeness (QED) is 0.783. The molecule has 0 radical (unpaired) electrons. The van der Waals surface area contributed by atoms with Crippen LogP contribution in [0.25, 0.3) is 11.4 Å². The Morgan fingerprint density at radius 3 is 2.47 bits per heavy atom. The first kappa shape index (κ1) is 23.8. The van der Waals surface area contributed by atoms with E-state index >= 15 is 0 Å². The number of nitrogens with zero attached hydrogens (tertiary/aromatic N) is 4. The molecule has 174 valence electrons. The minimum Gasteiger partial charge on any atom is -0.347 e. The highest BCUT2D eigenvalue weighted by atomic mass is 19.1. The van der Waals surface area contributed by atoms with Crippen LogP contribution in [0, 0.1) is 17.0 Å². The number of carbonyl (C=O) groups is 2. The lowest BCUT2D eigenvalue weighted by Gasteiger charge is -2.32. The topological polar surface area (TPSA) is 70.5 Å². The summed E-state index contributed by atoms with van der Waals surface area (Å²) in [4.78, 5) is 34.1. The maximum atomic E-state index is 14.6. The second-order valence-electron chi connectivity index (χ2n) is 9.60. The zero-order chi connectivity index (χ0) is 23.8. The highest BCUT2D eigenvalue weighted by molar-refractivity contribution is 5.97. The van der Waals surface area contributed by atoms with Crippen molar-refractivity contribution in [3.63, 3.8) is 0 Å². The Labute approximate surface area is 187 Å². The number of aromatic nitrogens is 2. The summed E-state index contributed by atoms with van der Waals surface area (Å²) in [7, 11) is 5.22. The number of rotatable bonds is 4. The van der Waals surface area contributed by atoms with Crippen LogP contribution in [-0.2, 0) is 17.9 Å². The van der Waals surface area contributed by atoms with Gasteiger partial charge in [-0.3, -0.25) is 9.59 Å². The van der Waals surface area contributed by atoms with Crippen LogP contribution in [0.3, 0.4) is 0 Å². The molecule has 32 heavy (non-hydrogen) atoms. The Kier molecular flexibility index (Phi) is 6.69. The first-order chi connectivity index (χ1) is 14.9. The van der Waals surface area contributed by atoms with Gasteiger partial charge >= 0.3 is 0 Å². The molecule has 1 aliphatic heterocycles. The number of hydrogen-bond acceptors (Lipinski definition) is 4. The molecule has 1 unspecified atom stereocenters. The van der Waals surface area contributed by atoms with Gasteiger partial charge in [-0.2, -0.15) is 0 Å². The largest absolute Gasteiger partial charge is 0.347 e. The molecule has 1 aromatic heterocycles. The van der Waals surface area contributed by atoms with Gasteiger partial charge in [0.2, 0.25) is 5.91 Å². The molecule has 0 spiro atoms. The van der Waals surface area contributed by atoms with Crippen molar-refractivity contribution >= 4 is 11.8 Å². The lowest BCUT2D eigenvalue weighted by Crippen LogP contribution is -2.53. The van der Waals surface area contributed by atoms with E-state index in [1.165, 1.54) is 17.0 Å². The van der Waals surface area contributed by atoms with Crippen molar-refractivity contribution in [1.29, 1.82) is 0 Å². The maximum Gasteiger partial charge on any atom is 0.272 e. The minimum atomic E-state index is -0.767. The van der Waals surface area contributed by atoms with Crippen LogP contribution < -0.4 is 5.32 Å². The lowest BCUT2D eigenvalue weighted by atomic mass is 9.85. The third kappa shape index (κ3) is 4.82. The van der Waals surface area contributed by atoms with E-state index < -0.39 is 29.0 Å². The normalized spacial score (nSPS) is 15.6. The molecule has 2 aromatic rings. The molecule has 1 N–H and O–H groups in total. The number of halogens is 2. The summed E-state index contributed by atoms with van der Waals surface area (Å²) in [6.45, 7) is 7.42. The number of amides is 2. The molecule has 0 fully saturated rings. The molecule has 0 saturated heterocycles. The summed E-state index contributed by atoms with van der Waals surface area (Å²) >= 11 is 0. The maximum absolute atomic E-state index is 14.6. The van der Waals surface area contributed by atoms with Crippen molar-refractivity contribution in [2.45, 2.75) is 46.3 Å². The highest BCUT2D eigenvalue weighted by Gasteiger charge is 2.36. The van der Waals surface area contributed by atoms with Crippen molar-refractivity contribution < 1.29 is 18.4 Å². The van der Waals surface area contributed by atoms with Crippen molar-refractivity contribution in [3.05, 3.63) is 41.2 Å². The van der Waals surface area contributed by atoms with E-state index in [4.69, 9.17) is 0 Å². The standard InChI is InChI=1S/C23H31F2N5O2/c1-23(2,3)19(22(32)28(4)5)27-21(31)18-17-13-29(6)10-7-11-30(17)20(26-18)15-9-8-14(24)12-16(15)25/h8-9,12,19H,7,10-11,13H2,1-6H3,(H,27,31). The van der Waals surface area contributed by atoms with Crippen LogP contribution in [0.5, 0.6) is 0 Å². The highest BCUT2D eigenvalue weighted by Crippen LogP contribution is 2.29. The van der Waals surface area contributed by atoms with Gasteiger partial charge in [-0.05, 0) is 37.6 Å². The van der Waals surface area contributed by atoms with Gasteiger partial charge in [0.05, 0.1) is 11.3 Å². The molecule has 3 rings (SSSR count). The Morgan fingerprint density at radius 1 is 1.19 bits per heavy atom. The van der Waals surface area contributed by atoms with Gasteiger partial charge in [0, 0.05) is 33.3 Å². The van der Waals surface area contributed by atoms with Crippen molar-refractivity contribution in [1.82, 2.24) is 24.7 Å². The fraction of sp³-hybridized carbons (Fsp3) is 0.522. The Morgan fingerprint density at radius 2 is 1.88 bits per heavy atom. The summed E-state index contributed by atoms with van der Waals surface area (Å²) in [5.74, 6) is -1.85. The number of likely N-dealkylation sites (N-methyl/N-ethyl adjacent to an activating group) is 1. The molecule has 0 aliphatic carbocycles. The van der Waals surface area contributed by atoms with Gasteiger partial charge in [-0.25, -0.2) is 13.8 Å². The Hall–Kier alpha value is -2.81. The molecule has 7 nitrogen and oxygen atoms in total. The summed E-state index contributed by atoms with van der Waals surface area (Å²) < 4.78 is 29.9. The second-order valence-corrected chi connectivity index (χ2v) is 9.60. The van der Waals surface area contributed by atoms with Gasteiger partial charge < -0.3 is 19.7 Å². The van der Waals surface area contributed by atoms with Gasteiger partial charge in [-0.1, -0.05) is 20.8 Å². The summed E-state index contributed by atoms with van der Waals surface area (Å²) in [6, 6.07) is 2.56. The van der Waals surface area contributed by atoms with Gasteiger partial charge in [0.1, 0.15) is 23.5 Å². The third-order valence-electron chi connectivity index (χ3n) is 5.63. The molecular weight excluding hydrogens is 416 g/mol. The van der Waals surface area contributed by atoms with E-state index in [-0.39, 0.29) is 23.0 Å². The lowest BCUT2D eigenvalue weighted by molar-refractivity contribution is -0.133. The van der Waals surface area contributed by atoms with E-state index in [1.807, 2.05) is 32.4 Å². The molecule has 2 heterocycles. The first-order valence-corrected chi connectivity index (χ1v) is 10.7. The molecule has 0 bridgehead atoms. The fourth-order valence-corrected chi connectivity index (χ4v) is 3.89. The number of hydrogen-bond donors (Lipinski definition) is 1. The van der Waals surface area contributed by atoms with Crippen LogP contribution in [0.2, 0.25) is 0 Å². The molecule has 2 amide bonds. The van der Waals surface area contributed by atoms with Crippen LogP contribution in [0.15, 0.2) is 18.2 Å². The number of benzene rings is 1. The predicted molar refractivity (Wildman–Crippen MR) is 118 cm³/mol. The SMILES string of the molecule is CN1CCCn2c(-c3ccc(F)cc3F)nc(C(=O)NC(C(=O)N(C)C)C(C)(C)C)c2C1. The number of imidazole rings is 1. The first-order valence-electron chi connectivity index (χ1n) is 10.7. The minimum absolute atomic E-state index is 0.132. The predicted octanol–water partition coefficient (Wildman–Crippen LogP) is 2.90. The molecule has 1 aromatic carbocycles. The third-order valence-corrected chi connectivity index (χ3v) is 5.63. The smallest absolute Gasteiger partial charge is 0.272 e. The van der Waals surface area contributed by atoms with E-state index in [1.54, 1.807) is 14.1 Å². The Bertz CT molecular complexity index is 1030. The van der Waals surface area contributed by atoms with Crippen molar-refractivity contribution in [2.75, 3.05) is 27.7 Å². The molecular formula is C23H31F2N5O2. The molecule has 9 heteroatoms. The zero-order valence-corrected chi connectivity index (χ0v) is 19.5. The van der Waals surface area contributed by atoms with Crippen molar-refractivity contribution in [2.24, 2.45) is 5.41 Å². The average molecular weight is 448 g/mol. The van der Waals surface area contributed by atoms with E-state index in [9.17, 15) is 18.4 Å². The van der Waals surface area contributed by atoms with E-state index in [2.05, 4.69) is 15.2 Å². The van der Waals surface area contributed by atoms with Gasteiger partial charge in [-0.15, -0.1) is 0 Å². The Balaban J connectivity index is 2.08. The number of nitrogens with one attached hydrogen (secondary N) is 1. The second kappa shape index (κ2) is 8.97. The summed E-state index contributed by atoms with van der Waals surface area (Å²) in [6.07, 6.45) is 0.792. The van der Waals surface area contributed by atoms with Crippen LogP contribution in [0.1, 0.15) is 43.4 Å². The monoisotopic (exact) mass is 447 g/mol. The molecule has 1 aliphatic rings. The fourth-order valence-electron chi connectivity index (χ4n) is 3.89. The molecule has 1 atom stereocenters. The van der Waals surface area contributed by atoms with Gasteiger partial charge in [0.25, 0.3) is 5.91 Å². The molecule has 0 saturated carbocycles. The number of fused-ring (bicyclic) bond motifs is 1. The van der Waals surface area contributed by atoms with Crippen molar-refractivity contribution in [3.8, 4) is 11.4 Å². The number of carbonyl (C=O) groups excluding carboxylic acids is 2. The van der Waals surface area contributed by atoms with E-state index in [0.717, 1.165) is 19.0 Å².